The van der Waals surface area contributed by atoms with Crippen LogP contribution in [-0.4, -0.2) is 25.8 Å². The van der Waals surface area contributed by atoms with E-state index in [9.17, 15) is 8.42 Å². The number of hydrogen-bond acceptors (Lipinski definition) is 3. The van der Waals surface area contributed by atoms with Gasteiger partial charge in [0.1, 0.15) is 0 Å². The third-order valence-electron chi connectivity index (χ3n) is 2.82. The molecule has 0 atom stereocenters. The summed E-state index contributed by atoms with van der Waals surface area (Å²) in [7, 11) is -3.51. The van der Waals surface area contributed by atoms with Gasteiger partial charge in [0.15, 0.2) is 0 Å². The lowest BCUT2D eigenvalue weighted by molar-refractivity contribution is 0.427. The number of nitrogens with zero attached hydrogens (tertiary/aromatic N) is 1. The standard InChI is InChI=1S/C12H19ClN2O2S/c1-4-6-15(5-2)18(16,17)10-7-11(13)9(3)12(14)8-10/h7-8H,4-6,14H2,1-3H3. The van der Waals surface area contributed by atoms with Crippen molar-refractivity contribution in [3.8, 4) is 0 Å². The third kappa shape index (κ3) is 2.96. The molecule has 0 fully saturated rings. The van der Waals surface area contributed by atoms with Gasteiger partial charge in [-0.15, -0.1) is 0 Å². The Balaban J connectivity index is 3.28. The molecule has 1 rings (SSSR count). The zero-order valence-electron chi connectivity index (χ0n) is 10.9. The topological polar surface area (TPSA) is 63.4 Å². The lowest BCUT2D eigenvalue weighted by Gasteiger charge is -2.20. The average molecular weight is 291 g/mol. The van der Waals surface area contributed by atoms with Gasteiger partial charge in [-0.05, 0) is 31.0 Å². The summed E-state index contributed by atoms with van der Waals surface area (Å²) in [5.74, 6) is 0. The van der Waals surface area contributed by atoms with Gasteiger partial charge in [0.05, 0.1) is 4.90 Å². The van der Waals surface area contributed by atoms with Crippen LogP contribution in [0.15, 0.2) is 17.0 Å². The van der Waals surface area contributed by atoms with Crippen molar-refractivity contribution in [2.75, 3.05) is 18.8 Å². The molecule has 0 heterocycles. The minimum atomic E-state index is -3.51. The molecule has 0 aliphatic rings. The minimum absolute atomic E-state index is 0.158. The lowest BCUT2D eigenvalue weighted by Crippen LogP contribution is -2.31. The fourth-order valence-corrected chi connectivity index (χ4v) is 3.56. The van der Waals surface area contributed by atoms with Gasteiger partial charge in [-0.3, -0.25) is 0 Å². The number of halogens is 1. The Labute approximate surface area is 114 Å². The number of hydrogen-bond donors (Lipinski definition) is 1. The number of nitrogens with two attached hydrogens (primary N) is 1. The van der Waals surface area contributed by atoms with Gasteiger partial charge in [-0.25, -0.2) is 8.42 Å². The molecule has 0 amide bonds. The van der Waals surface area contributed by atoms with Crippen LogP contribution in [-0.2, 0) is 10.0 Å². The summed E-state index contributed by atoms with van der Waals surface area (Å²) in [6.45, 7) is 6.44. The fraction of sp³-hybridized carbons (Fsp3) is 0.500. The molecule has 6 heteroatoms. The Morgan fingerprint density at radius 1 is 1.33 bits per heavy atom. The summed E-state index contributed by atoms with van der Waals surface area (Å²) in [4.78, 5) is 0.158. The van der Waals surface area contributed by atoms with Crippen molar-refractivity contribution in [3.63, 3.8) is 0 Å². The van der Waals surface area contributed by atoms with Crippen LogP contribution in [0.5, 0.6) is 0 Å². The highest BCUT2D eigenvalue weighted by Crippen LogP contribution is 2.27. The van der Waals surface area contributed by atoms with Gasteiger partial charge in [0.2, 0.25) is 10.0 Å². The van der Waals surface area contributed by atoms with Crippen molar-refractivity contribution in [3.05, 3.63) is 22.7 Å². The number of sulfonamides is 1. The quantitative estimate of drug-likeness (QED) is 0.848. The van der Waals surface area contributed by atoms with Crippen molar-refractivity contribution in [2.45, 2.75) is 32.1 Å². The Kier molecular flexibility index (Phi) is 5.01. The fourth-order valence-electron chi connectivity index (χ4n) is 1.67. The molecule has 0 bridgehead atoms. The van der Waals surface area contributed by atoms with Gasteiger partial charge in [-0.2, -0.15) is 4.31 Å². The second kappa shape index (κ2) is 5.91. The van der Waals surface area contributed by atoms with Crippen molar-refractivity contribution in [1.29, 1.82) is 0 Å². The van der Waals surface area contributed by atoms with Crippen LogP contribution in [0.2, 0.25) is 5.02 Å². The van der Waals surface area contributed by atoms with Crippen LogP contribution in [0, 0.1) is 6.92 Å². The van der Waals surface area contributed by atoms with Crippen LogP contribution in [0.3, 0.4) is 0 Å². The van der Waals surface area contributed by atoms with E-state index in [-0.39, 0.29) is 4.90 Å². The van der Waals surface area contributed by atoms with E-state index in [0.717, 1.165) is 6.42 Å². The van der Waals surface area contributed by atoms with Crippen LogP contribution in [0.1, 0.15) is 25.8 Å². The Hall–Kier alpha value is -0.780. The largest absolute Gasteiger partial charge is 0.398 e. The van der Waals surface area contributed by atoms with E-state index in [2.05, 4.69) is 0 Å². The van der Waals surface area contributed by atoms with Crippen LogP contribution < -0.4 is 5.73 Å². The normalized spacial score (nSPS) is 12.1. The lowest BCUT2D eigenvalue weighted by atomic mass is 10.2. The van der Waals surface area contributed by atoms with E-state index >= 15 is 0 Å². The van der Waals surface area contributed by atoms with E-state index in [1.165, 1.54) is 16.4 Å². The summed E-state index contributed by atoms with van der Waals surface area (Å²) in [6, 6.07) is 2.93. The molecule has 0 saturated carbocycles. The third-order valence-corrected chi connectivity index (χ3v) is 5.17. The second-order valence-electron chi connectivity index (χ2n) is 4.12. The Morgan fingerprint density at radius 3 is 2.39 bits per heavy atom. The Morgan fingerprint density at radius 2 is 1.94 bits per heavy atom. The molecule has 1 aromatic carbocycles. The maximum Gasteiger partial charge on any atom is 0.243 e. The number of benzene rings is 1. The summed E-state index contributed by atoms with van der Waals surface area (Å²) in [5.41, 5.74) is 6.87. The SMILES string of the molecule is CCCN(CC)S(=O)(=O)c1cc(N)c(C)c(Cl)c1. The van der Waals surface area contributed by atoms with Crippen molar-refractivity contribution in [2.24, 2.45) is 0 Å². The van der Waals surface area contributed by atoms with Gasteiger partial charge >= 0.3 is 0 Å². The summed E-state index contributed by atoms with van der Waals surface area (Å²) in [6.07, 6.45) is 0.766. The molecule has 0 saturated heterocycles. The van der Waals surface area contributed by atoms with Gasteiger partial charge < -0.3 is 5.73 Å². The van der Waals surface area contributed by atoms with E-state index in [0.29, 0.717) is 29.4 Å². The number of anilines is 1. The molecule has 102 valence electrons. The molecule has 0 aliphatic carbocycles. The molecule has 0 aliphatic heterocycles. The van der Waals surface area contributed by atoms with Crippen LogP contribution in [0.25, 0.3) is 0 Å². The maximum atomic E-state index is 12.4. The molecule has 0 unspecified atom stereocenters. The first-order chi connectivity index (χ1) is 8.34. The van der Waals surface area contributed by atoms with E-state index < -0.39 is 10.0 Å². The van der Waals surface area contributed by atoms with Gasteiger partial charge in [-0.1, -0.05) is 25.4 Å². The van der Waals surface area contributed by atoms with Gasteiger partial charge in [0, 0.05) is 23.8 Å². The maximum absolute atomic E-state index is 12.4. The first kappa shape index (κ1) is 15.3. The molecular weight excluding hydrogens is 272 g/mol. The summed E-state index contributed by atoms with van der Waals surface area (Å²) >= 11 is 5.99. The molecule has 0 aromatic heterocycles. The van der Waals surface area contributed by atoms with E-state index in [4.69, 9.17) is 17.3 Å². The van der Waals surface area contributed by atoms with E-state index in [1.54, 1.807) is 6.92 Å². The highest BCUT2D eigenvalue weighted by molar-refractivity contribution is 7.89. The molecule has 4 nitrogen and oxygen atoms in total. The zero-order valence-corrected chi connectivity index (χ0v) is 12.5. The molecule has 1 aromatic rings. The zero-order chi connectivity index (χ0) is 13.9. The number of rotatable bonds is 5. The van der Waals surface area contributed by atoms with E-state index in [1.807, 2.05) is 13.8 Å². The monoisotopic (exact) mass is 290 g/mol. The van der Waals surface area contributed by atoms with Crippen molar-refractivity contribution < 1.29 is 8.42 Å². The minimum Gasteiger partial charge on any atom is -0.398 e. The summed E-state index contributed by atoms with van der Waals surface area (Å²) < 4.78 is 26.2. The first-order valence-corrected chi connectivity index (χ1v) is 7.72. The van der Waals surface area contributed by atoms with Gasteiger partial charge in [0.25, 0.3) is 0 Å². The highest BCUT2D eigenvalue weighted by Gasteiger charge is 2.23. The molecular formula is C12H19ClN2O2S. The smallest absolute Gasteiger partial charge is 0.243 e. The first-order valence-electron chi connectivity index (χ1n) is 5.90. The molecule has 2 N–H and O–H groups in total. The number of nitrogen functional groups attached to an aromatic ring is 1. The molecule has 0 spiro atoms. The molecule has 0 radical (unpaired) electrons. The highest BCUT2D eigenvalue weighted by atomic mass is 35.5. The van der Waals surface area contributed by atoms with Crippen molar-refractivity contribution >= 4 is 27.3 Å². The van der Waals surface area contributed by atoms with Crippen molar-refractivity contribution in [1.82, 2.24) is 4.31 Å². The Bertz CT molecular complexity index is 506. The average Bonchev–Trinajstić information content (AvgIpc) is 2.31. The van der Waals surface area contributed by atoms with Crippen LogP contribution >= 0.6 is 11.6 Å². The summed E-state index contributed by atoms with van der Waals surface area (Å²) in [5, 5.41) is 0.376. The van der Waals surface area contributed by atoms with Crippen LogP contribution in [0.4, 0.5) is 5.69 Å². The predicted octanol–water partition coefficient (Wildman–Crippen LogP) is 2.65. The second-order valence-corrected chi connectivity index (χ2v) is 6.46. The molecule has 18 heavy (non-hydrogen) atoms. The predicted molar refractivity (Wildman–Crippen MR) is 75.3 cm³/mol.